The quantitative estimate of drug-likeness (QED) is 0.785. The normalized spacial score (nSPS) is 24.3. The number of nitrogens with one attached hydrogen (secondary N) is 2. The Balaban J connectivity index is 1.42. The molecular weight excluding hydrogens is 330 g/mol. The number of carbonyl (C=O) groups is 1. The Labute approximate surface area is 152 Å². The highest BCUT2D eigenvalue weighted by molar-refractivity contribution is 5.94. The zero-order chi connectivity index (χ0) is 17.7. The van der Waals surface area contributed by atoms with Gasteiger partial charge >= 0.3 is 0 Å². The molecule has 26 heavy (non-hydrogen) atoms. The molecule has 6 nitrogen and oxygen atoms in total. The van der Waals surface area contributed by atoms with Crippen LogP contribution in [-0.2, 0) is 19.3 Å². The van der Waals surface area contributed by atoms with Gasteiger partial charge in [0.1, 0.15) is 5.75 Å². The maximum Gasteiger partial charge on any atom is 0.272 e. The number of ether oxygens (including phenoxy) is 1. The predicted molar refractivity (Wildman–Crippen MR) is 95.2 cm³/mol. The van der Waals surface area contributed by atoms with E-state index in [0.717, 1.165) is 67.7 Å². The van der Waals surface area contributed by atoms with E-state index in [1.165, 1.54) is 5.56 Å². The molecule has 0 bridgehead atoms. The molecule has 1 fully saturated rings. The van der Waals surface area contributed by atoms with Crippen molar-refractivity contribution in [1.82, 2.24) is 15.5 Å². The highest BCUT2D eigenvalue weighted by Crippen LogP contribution is 2.40. The summed E-state index contributed by atoms with van der Waals surface area (Å²) in [5.41, 5.74) is 4.98. The minimum atomic E-state index is -0.258. The molecule has 1 saturated carbocycles. The van der Waals surface area contributed by atoms with E-state index in [2.05, 4.69) is 21.6 Å². The topological polar surface area (TPSA) is 87.2 Å². The Kier molecular flexibility index (Phi) is 3.74. The molecule has 1 atom stereocenters. The summed E-state index contributed by atoms with van der Waals surface area (Å²) in [6, 6.07) is 6.07. The average Bonchev–Trinajstić information content (AvgIpc) is 3.31. The second-order valence-electron chi connectivity index (χ2n) is 7.68. The van der Waals surface area contributed by atoms with Crippen LogP contribution in [-0.4, -0.2) is 33.9 Å². The van der Waals surface area contributed by atoms with Crippen LogP contribution in [0.5, 0.6) is 5.75 Å². The number of amides is 1. The van der Waals surface area contributed by atoms with Gasteiger partial charge in [0.25, 0.3) is 5.91 Å². The lowest BCUT2D eigenvalue weighted by atomic mass is 9.74. The minimum absolute atomic E-state index is 0.106. The summed E-state index contributed by atoms with van der Waals surface area (Å²) in [5.74, 6) is 1.08. The Morgan fingerprint density at radius 3 is 3.04 bits per heavy atom. The first-order valence-electron chi connectivity index (χ1n) is 9.49. The molecule has 2 heterocycles. The number of H-pyrrole nitrogens is 1. The summed E-state index contributed by atoms with van der Waals surface area (Å²) in [7, 11) is 0. The summed E-state index contributed by atoms with van der Waals surface area (Å²) < 4.78 is 5.60. The third-order valence-corrected chi connectivity index (χ3v) is 6.00. The Morgan fingerprint density at radius 1 is 1.31 bits per heavy atom. The summed E-state index contributed by atoms with van der Waals surface area (Å²) in [6.45, 7) is 0.720. The van der Waals surface area contributed by atoms with Crippen molar-refractivity contribution in [2.24, 2.45) is 5.92 Å². The largest absolute Gasteiger partial charge is 0.493 e. The number of aryl methyl sites for hydroxylation is 1. The van der Waals surface area contributed by atoms with E-state index >= 15 is 0 Å². The highest BCUT2D eigenvalue weighted by Gasteiger charge is 2.37. The summed E-state index contributed by atoms with van der Waals surface area (Å²) >= 11 is 0. The fraction of sp³-hybridized carbons (Fsp3) is 0.500. The van der Waals surface area contributed by atoms with Crippen LogP contribution < -0.4 is 10.1 Å². The molecule has 3 aliphatic rings. The van der Waals surface area contributed by atoms with Crippen molar-refractivity contribution in [1.29, 1.82) is 0 Å². The molecule has 136 valence electrons. The molecular formula is C20H23N3O3. The van der Waals surface area contributed by atoms with Crippen molar-refractivity contribution in [2.45, 2.75) is 50.7 Å². The van der Waals surface area contributed by atoms with Gasteiger partial charge < -0.3 is 15.2 Å². The molecule has 1 aliphatic heterocycles. The second kappa shape index (κ2) is 6.13. The first kappa shape index (κ1) is 15.9. The van der Waals surface area contributed by atoms with Crippen molar-refractivity contribution >= 4 is 5.91 Å². The number of carbonyl (C=O) groups excluding carboxylic acids is 1. The lowest BCUT2D eigenvalue weighted by Gasteiger charge is -2.38. The van der Waals surface area contributed by atoms with E-state index in [9.17, 15) is 9.90 Å². The first-order valence-corrected chi connectivity index (χ1v) is 9.49. The number of fused-ring (bicyclic) bond motifs is 2. The standard InChI is InChI=1S/C20H23N3O3/c24-14-9-13(10-14)18(12-4-5-17-11(8-12)6-7-26-17)21-20(25)19-15-2-1-3-16(15)22-23-19/h4-5,8,13-14,18,24H,1-3,6-7,9-10H2,(H,21,25)(H,22,23)/t13?,14?,18-/m0/s1. The van der Waals surface area contributed by atoms with Gasteiger partial charge in [0, 0.05) is 17.7 Å². The number of hydrogen-bond donors (Lipinski definition) is 3. The van der Waals surface area contributed by atoms with E-state index in [1.807, 2.05) is 12.1 Å². The number of nitrogens with zero attached hydrogens (tertiary/aromatic N) is 1. The van der Waals surface area contributed by atoms with Gasteiger partial charge in [-0.3, -0.25) is 9.89 Å². The van der Waals surface area contributed by atoms with E-state index in [4.69, 9.17) is 4.74 Å². The number of aliphatic hydroxyl groups excluding tert-OH is 1. The Hall–Kier alpha value is -2.34. The van der Waals surface area contributed by atoms with E-state index in [0.29, 0.717) is 5.69 Å². The average molecular weight is 353 g/mol. The van der Waals surface area contributed by atoms with Crippen LogP contribution in [0.2, 0.25) is 0 Å². The highest BCUT2D eigenvalue weighted by atomic mass is 16.5. The maximum absolute atomic E-state index is 12.9. The van der Waals surface area contributed by atoms with Crippen molar-refractivity contribution in [2.75, 3.05) is 6.61 Å². The van der Waals surface area contributed by atoms with E-state index in [-0.39, 0.29) is 24.0 Å². The molecule has 0 radical (unpaired) electrons. The Morgan fingerprint density at radius 2 is 2.19 bits per heavy atom. The van der Waals surface area contributed by atoms with Crippen LogP contribution in [0.15, 0.2) is 18.2 Å². The SMILES string of the molecule is O=C(N[C@@H](c1ccc2c(c1)CCO2)C1CC(O)C1)c1n[nH]c2c1CCC2. The smallest absolute Gasteiger partial charge is 0.272 e. The van der Waals surface area contributed by atoms with Crippen molar-refractivity contribution < 1.29 is 14.6 Å². The van der Waals surface area contributed by atoms with E-state index < -0.39 is 0 Å². The summed E-state index contributed by atoms with van der Waals surface area (Å²) in [5, 5.41) is 20.2. The lowest BCUT2D eigenvalue weighted by molar-refractivity contribution is 0.0234. The molecule has 5 rings (SSSR count). The van der Waals surface area contributed by atoms with Gasteiger partial charge in [-0.1, -0.05) is 6.07 Å². The molecule has 3 N–H and O–H groups in total. The van der Waals surface area contributed by atoms with Crippen molar-refractivity contribution in [3.05, 3.63) is 46.3 Å². The number of benzene rings is 1. The van der Waals surface area contributed by atoms with Gasteiger partial charge in [0.15, 0.2) is 5.69 Å². The van der Waals surface area contributed by atoms with Crippen molar-refractivity contribution in [3.8, 4) is 5.75 Å². The van der Waals surface area contributed by atoms with Gasteiger partial charge in [-0.05, 0) is 61.3 Å². The molecule has 0 unspecified atom stereocenters. The summed E-state index contributed by atoms with van der Waals surface area (Å²) in [6.07, 6.45) is 5.05. The number of aliphatic hydroxyl groups is 1. The van der Waals surface area contributed by atoms with Crippen molar-refractivity contribution in [3.63, 3.8) is 0 Å². The molecule has 0 spiro atoms. The van der Waals surface area contributed by atoms with Crippen LogP contribution in [0.25, 0.3) is 0 Å². The molecule has 2 aromatic rings. The zero-order valence-electron chi connectivity index (χ0n) is 14.6. The van der Waals surface area contributed by atoms with Gasteiger partial charge in [0.2, 0.25) is 0 Å². The number of aromatic nitrogens is 2. The minimum Gasteiger partial charge on any atom is -0.493 e. The van der Waals surface area contributed by atoms with Gasteiger partial charge in [-0.25, -0.2) is 0 Å². The Bertz CT molecular complexity index is 854. The molecule has 1 amide bonds. The van der Waals surface area contributed by atoms with Gasteiger partial charge in [-0.2, -0.15) is 5.10 Å². The zero-order valence-corrected chi connectivity index (χ0v) is 14.6. The van der Waals surface area contributed by atoms with Gasteiger partial charge in [-0.15, -0.1) is 0 Å². The molecule has 1 aromatic heterocycles. The molecule has 1 aromatic carbocycles. The maximum atomic E-state index is 12.9. The molecule has 6 heteroatoms. The second-order valence-corrected chi connectivity index (χ2v) is 7.68. The monoisotopic (exact) mass is 353 g/mol. The third kappa shape index (κ3) is 2.60. The van der Waals surface area contributed by atoms with Crippen LogP contribution in [0, 0.1) is 5.92 Å². The third-order valence-electron chi connectivity index (χ3n) is 6.00. The fourth-order valence-electron chi connectivity index (χ4n) is 4.49. The van der Waals surface area contributed by atoms with Crippen LogP contribution in [0.3, 0.4) is 0 Å². The lowest BCUT2D eigenvalue weighted by Crippen LogP contribution is -2.41. The molecule has 2 aliphatic carbocycles. The number of rotatable bonds is 4. The molecule has 0 saturated heterocycles. The summed E-state index contributed by atoms with van der Waals surface area (Å²) in [4.78, 5) is 12.9. The number of aromatic amines is 1. The van der Waals surface area contributed by atoms with Crippen LogP contribution in [0.1, 0.15) is 58.2 Å². The first-order chi connectivity index (χ1) is 12.7. The van der Waals surface area contributed by atoms with Crippen LogP contribution in [0.4, 0.5) is 0 Å². The number of hydrogen-bond acceptors (Lipinski definition) is 4. The van der Waals surface area contributed by atoms with Crippen LogP contribution >= 0.6 is 0 Å². The fourth-order valence-corrected chi connectivity index (χ4v) is 4.49. The van der Waals surface area contributed by atoms with E-state index in [1.54, 1.807) is 0 Å². The van der Waals surface area contributed by atoms with Gasteiger partial charge in [0.05, 0.1) is 18.8 Å². The predicted octanol–water partition coefficient (Wildman–Crippen LogP) is 2.08.